The van der Waals surface area contributed by atoms with Crippen molar-refractivity contribution < 1.29 is 14.3 Å². The molecule has 82 valence electrons. The lowest BCUT2D eigenvalue weighted by molar-refractivity contribution is 0.0591. The second kappa shape index (κ2) is 3.84. The van der Waals surface area contributed by atoms with Crippen molar-refractivity contribution in [3.8, 4) is 0 Å². The number of esters is 1. The molecule has 0 saturated carbocycles. The van der Waals surface area contributed by atoms with Gasteiger partial charge in [0.15, 0.2) is 12.0 Å². The highest BCUT2D eigenvalue weighted by Crippen LogP contribution is 2.24. The number of methoxy groups -OCH3 is 1. The van der Waals surface area contributed by atoms with E-state index in [0.29, 0.717) is 12.0 Å². The van der Waals surface area contributed by atoms with Gasteiger partial charge in [0.25, 0.3) is 0 Å². The molecule has 0 radical (unpaired) electrons. The van der Waals surface area contributed by atoms with Crippen molar-refractivity contribution in [1.29, 1.82) is 0 Å². The van der Waals surface area contributed by atoms with E-state index in [1.54, 1.807) is 0 Å². The Balaban J connectivity index is 3.29. The monoisotopic (exact) mass is 210 g/mol. The predicted molar refractivity (Wildman–Crippen MR) is 54.0 cm³/mol. The molecule has 0 aliphatic carbocycles. The van der Waals surface area contributed by atoms with Crippen molar-refractivity contribution in [2.45, 2.75) is 26.2 Å². The molecular formula is C10H14N2O3. The van der Waals surface area contributed by atoms with Crippen LogP contribution in [-0.4, -0.2) is 29.6 Å². The second-order valence-corrected chi connectivity index (χ2v) is 4.22. The van der Waals surface area contributed by atoms with Gasteiger partial charge >= 0.3 is 5.97 Å². The van der Waals surface area contributed by atoms with Crippen LogP contribution in [0.15, 0.2) is 0 Å². The van der Waals surface area contributed by atoms with E-state index in [0.717, 1.165) is 0 Å². The number of hydrogen-bond donors (Lipinski definition) is 1. The van der Waals surface area contributed by atoms with Crippen LogP contribution in [0.1, 0.15) is 47.3 Å². The number of hydrogen-bond acceptors (Lipinski definition) is 4. The lowest BCUT2D eigenvalue weighted by Gasteiger charge is -2.16. The number of ether oxygens (including phenoxy) is 1. The summed E-state index contributed by atoms with van der Waals surface area (Å²) in [5, 5.41) is 6.49. The summed E-state index contributed by atoms with van der Waals surface area (Å²) < 4.78 is 4.52. The van der Waals surface area contributed by atoms with Crippen molar-refractivity contribution in [2.24, 2.45) is 0 Å². The van der Waals surface area contributed by atoms with Crippen LogP contribution in [0.5, 0.6) is 0 Å². The number of aromatic nitrogens is 2. The van der Waals surface area contributed by atoms with Crippen molar-refractivity contribution in [3.05, 3.63) is 17.0 Å². The zero-order valence-electron chi connectivity index (χ0n) is 9.25. The summed E-state index contributed by atoms with van der Waals surface area (Å²) in [6, 6.07) is 0. The number of rotatable bonds is 2. The average molecular weight is 210 g/mol. The van der Waals surface area contributed by atoms with Crippen LogP contribution in [0.2, 0.25) is 0 Å². The third-order valence-corrected chi connectivity index (χ3v) is 2.05. The Kier molecular flexibility index (Phi) is 2.93. The first kappa shape index (κ1) is 11.4. The van der Waals surface area contributed by atoms with Gasteiger partial charge in [0, 0.05) is 5.41 Å². The number of nitrogens with zero attached hydrogens (tertiary/aromatic N) is 1. The molecule has 0 amide bonds. The molecule has 15 heavy (non-hydrogen) atoms. The first-order chi connectivity index (χ1) is 6.91. The molecule has 0 bridgehead atoms. The van der Waals surface area contributed by atoms with Crippen molar-refractivity contribution in [2.75, 3.05) is 7.11 Å². The maximum atomic E-state index is 11.3. The number of nitrogens with one attached hydrogen (secondary N) is 1. The normalized spacial score (nSPS) is 11.2. The number of H-pyrrole nitrogens is 1. The van der Waals surface area contributed by atoms with Crippen LogP contribution in [0.3, 0.4) is 0 Å². The molecule has 0 atom stereocenters. The minimum Gasteiger partial charge on any atom is -0.464 e. The van der Waals surface area contributed by atoms with E-state index in [1.165, 1.54) is 7.11 Å². The van der Waals surface area contributed by atoms with Gasteiger partial charge in [-0.1, -0.05) is 20.8 Å². The van der Waals surface area contributed by atoms with Gasteiger partial charge in [-0.2, -0.15) is 5.10 Å². The van der Waals surface area contributed by atoms with E-state index in [2.05, 4.69) is 14.9 Å². The summed E-state index contributed by atoms with van der Waals surface area (Å²) in [5.41, 5.74) is 0.680. The highest BCUT2D eigenvalue weighted by atomic mass is 16.5. The van der Waals surface area contributed by atoms with Gasteiger partial charge in [-0.05, 0) is 0 Å². The zero-order chi connectivity index (χ0) is 11.6. The second-order valence-electron chi connectivity index (χ2n) is 4.22. The van der Waals surface area contributed by atoms with Crippen LogP contribution in [0, 0.1) is 0 Å². The Morgan fingerprint density at radius 1 is 1.47 bits per heavy atom. The molecule has 1 N–H and O–H groups in total. The summed E-state index contributed by atoms with van der Waals surface area (Å²) in [6.45, 7) is 5.78. The fourth-order valence-electron chi connectivity index (χ4n) is 1.29. The minimum atomic E-state index is -0.608. The van der Waals surface area contributed by atoms with Crippen LogP contribution >= 0.6 is 0 Å². The fraction of sp³-hybridized carbons (Fsp3) is 0.500. The molecular weight excluding hydrogens is 196 g/mol. The quantitative estimate of drug-likeness (QED) is 0.590. The van der Waals surface area contributed by atoms with E-state index in [-0.39, 0.29) is 16.7 Å². The molecule has 0 spiro atoms. The molecule has 0 aliphatic heterocycles. The zero-order valence-corrected chi connectivity index (χ0v) is 9.25. The third-order valence-electron chi connectivity index (χ3n) is 2.05. The minimum absolute atomic E-state index is 0.0393. The topological polar surface area (TPSA) is 72.0 Å². The van der Waals surface area contributed by atoms with Gasteiger partial charge in [0.1, 0.15) is 0 Å². The number of aromatic amines is 1. The van der Waals surface area contributed by atoms with Crippen LogP contribution < -0.4 is 0 Å². The highest BCUT2D eigenvalue weighted by molar-refractivity contribution is 5.97. The Bertz CT molecular complexity index is 388. The van der Waals surface area contributed by atoms with Gasteiger partial charge in [0.2, 0.25) is 0 Å². The first-order valence-corrected chi connectivity index (χ1v) is 4.54. The summed E-state index contributed by atoms with van der Waals surface area (Å²) in [7, 11) is 1.25. The van der Waals surface area contributed by atoms with Crippen molar-refractivity contribution in [3.63, 3.8) is 0 Å². The first-order valence-electron chi connectivity index (χ1n) is 4.54. The molecule has 0 unspecified atom stereocenters. The Morgan fingerprint density at radius 3 is 2.47 bits per heavy atom. The molecule has 1 aromatic heterocycles. The van der Waals surface area contributed by atoms with Gasteiger partial charge in [-0.3, -0.25) is 9.89 Å². The molecule has 0 saturated heterocycles. The molecule has 1 heterocycles. The third kappa shape index (κ3) is 2.06. The van der Waals surface area contributed by atoms with Crippen LogP contribution in [0.4, 0.5) is 0 Å². The van der Waals surface area contributed by atoms with E-state index in [1.807, 2.05) is 20.8 Å². The maximum Gasteiger partial charge on any atom is 0.359 e. The predicted octanol–water partition coefficient (Wildman–Crippen LogP) is 1.31. The van der Waals surface area contributed by atoms with E-state index >= 15 is 0 Å². The van der Waals surface area contributed by atoms with Gasteiger partial charge in [-0.25, -0.2) is 4.79 Å². The van der Waals surface area contributed by atoms with Crippen molar-refractivity contribution >= 4 is 12.3 Å². The van der Waals surface area contributed by atoms with Crippen LogP contribution in [0.25, 0.3) is 0 Å². The van der Waals surface area contributed by atoms with Gasteiger partial charge in [0.05, 0.1) is 18.4 Å². The molecule has 5 heteroatoms. The molecule has 1 rings (SSSR count). The molecule has 0 fully saturated rings. The van der Waals surface area contributed by atoms with Gasteiger partial charge in [-0.15, -0.1) is 0 Å². The lowest BCUT2D eigenvalue weighted by Crippen LogP contribution is -2.15. The average Bonchev–Trinajstić information content (AvgIpc) is 2.59. The summed E-state index contributed by atoms with van der Waals surface area (Å²) in [5.74, 6) is -0.608. The summed E-state index contributed by atoms with van der Waals surface area (Å²) >= 11 is 0. The van der Waals surface area contributed by atoms with Gasteiger partial charge < -0.3 is 4.74 Å². The van der Waals surface area contributed by atoms with E-state index < -0.39 is 5.97 Å². The Hall–Kier alpha value is -1.65. The van der Waals surface area contributed by atoms with Crippen molar-refractivity contribution in [1.82, 2.24) is 10.2 Å². The smallest absolute Gasteiger partial charge is 0.359 e. The summed E-state index contributed by atoms with van der Waals surface area (Å²) in [4.78, 5) is 22.2. The largest absolute Gasteiger partial charge is 0.464 e. The SMILES string of the molecule is COC(=O)c1n[nH]c(C(C)(C)C)c1C=O. The summed E-state index contributed by atoms with van der Waals surface area (Å²) in [6.07, 6.45) is 0.621. The molecule has 0 aromatic carbocycles. The van der Waals surface area contributed by atoms with E-state index in [9.17, 15) is 9.59 Å². The fourth-order valence-corrected chi connectivity index (χ4v) is 1.29. The number of carbonyl (C=O) groups is 2. The maximum absolute atomic E-state index is 11.3. The standard InChI is InChI=1S/C10H14N2O3/c1-10(2,3)8-6(5-13)7(11-12-8)9(14)15-4/h5H,1-4H3,(H,11,12). The molecule has 5 nitrogen and oxygen atoms in total. The molecule has 1 aromatic rings. The molecule has 0 aliphatic rings. The highest BCUT2D eigenvalue weighted by Gasteiger charge is 2.26. The Morgan fingerprint density at radius 2 is 2.07 bits per heavy atom. The van der Waals surface area contributed by atoms with E-state index in [4.69, 9.17) is 0 Å². The van der Waals surface area contributed by atoms with Crippen LogP contribution in [-0.2, 0) is 10.2 Å². The number of aldehydes is 1. The number of carbonyl (C=O) groups excluding carboxylic acids is 2. The Labute approximate surface area is 87.8 Å². The lowest BCUT2D eigenvalue weighted by atomic mass is 9.89.